The molecule has 0 aromatic heterocycles. The molecule has 0 radical (unpaired) electrons. The SMILES string of the molecule is CCOC1=CC=CCN1. The first-order chi connectivity index (χ1) is 4.43. The molecule has 0 amide bonds. The Labute approximate surface area is 55.2 Å². The lowest BCUT2D eigenvalue weighted by molar-refractivity contribution is 0.207. The van der Waals surface area contributed by atoms with Crippen molar-refractivity contribution in [3.8, 4) is 0 Å². The van der Waals surface area contributed by atoms with Crippen LogP contribution in [0.4, 0.5) is 0 Å². The van der Waals surface area contributed by atoms with Gasteiger partial charge in [0.25, 0.3) is 0 Å². The standard InChI is InChI=1S/C7H11NO/c1-2-9-7-5-3-4-6-8-7/h3-5,8H,2,6H2,1H3. The van der Waals surface area contributed by atoms with E-state index in [1.54, 1.807) is 0 Å². The number of ether oxygens (including phenoxy) is 1. The molecule has 0 bridgehead atoms. The van der Waals surface area contributed by atoms with Crippen molar-refractivity contribution in [1.29, 1.82) is 0 Å². The number of allylic oxidation sites excluding steroid dienone is 2. The summed E-state index contributed by atoms with van der Waals surface area (Å²) in [6.45, 7) is 3.58. The van der Waals surface area contributed by atoms with Crippen LogP contribution in [-0.4, -0.2) is 13.2 Å². The molecule has 1 aliphatic rings. The average Bonchev–Trinajstić information content (AvgIpc) is 1.91. The molecule has 0 saturated heterocycles. The van der Waals surface area contributed by atoms with E-state index in [-0.39, 0.29) is 0 Å². The summed E-state index contributed by atoms with van der Waals surface area (Å²) in [4.78, 5) is 0. The minimum Gasteiger partial charge on any atom is -0.479 e. The molecule has 1 aliphatic heterocycles. The monoisotopic (exact) mass is 125 g/mol. The van der Waals surface area contributed by atoms with Gasteiger partial charge in [-0.15, -0.1) is 0 Å². The molecule has 1 heterocycles. The summed E-state index contributed by atoms with van der Waals surface area (Å²) >= 11 is 0. The maximum atomic E-state index is 5.18. The fourth-order valence-electron chi connectivity index (χ4n) is 0.697. The van der Waals surface area contributed by atoms with Gasteiger partial charge in [-0.05, 0) is 13.0 Å². The summed E-state index contributed by atoms with van der Waals surface area (Å²) in [6, 6.07) is 0. The van der Waals surface area contributed by atoms with Gasteiger partial charge >= 0.3 is 0 Å². The van der Waals surface area contributed by atoms with Crippen LogP contribution in [0, 0.1) is 0 Å². The molecule has 0 spiro atoms. The third kappa shape index (κ3) is 1.80. The van der Waals surface area contributed by atoms with E-state index in [2.05, 4.69) is 5.32 Å². The lowest BCUT2D eigenvalue weighted by Crippen LogP contribution is -2.17. The Bertz CT molecular complexity index is 138. The maximum absolute atomic E-state index is 5.18. The molecule has 1 N–H and O–H groups in total. The zero-order valence-corrected chi connectivity index (χ0v) is 5.55. The number of rotatable bonds is 2. The molecule has 1 rings (SSSR count). The van der Waals surface area contributed by atoms with E-state index in [0.717, 1.165) is 19.0 Å². The second-order valence-corrected chi connectivity index (χ2v) is 1.77. The van der Waals surface area contributed by atoms with Crippen LogP contribution in [0.15, 0.2) is 24.1 Å². The lowest BCUT2D eigenvalue weighted by atomic mass is 10.4. The fraction of sp³-hybridized carbons (Fsp3) is 0.429. The van der Waals surface area contributed by atoms with E-state index >= 15 is 0 Å². The van der Waals surface area contributed by atoms with Crippen molar-refractivity contribution < 1.29 is 4.74 Å². The fourth-order valence-corrected chi connectivity index (χ4v) is 0.697. The molecule has 2 heteroatoms. The Morgan fingerprint density at radius 1 is 1.78 bits per heavy atom. The highest BCUT2D eigenvalue weighted by molar-refractivity contribution is 5.12. The van der Waals surface area contributed by atoms with Gasteiger partial charge in [0.2, 0.25) is 0 Å². The number of hydrogen-bond acceptors (Lipinski definition) is 2. The van der Waals surface area contributed by atoms with E-state index in [4.69, 9.17) is 4.74 Å². The lowest BCUT2D eigenvalue weighted by Gasteiger charge is -2.10. The van der Waals surface area contributed by atoms with Crippen molar-refractivity contribution in [2.45, 2.75) is 6.92 Å². The van der Waals surface area contributed by atoms with E-state index < -0.39 is 0 Å². The van der Waals surface area contributed by atoms with Crippen molar-refractivity contribution in [2.24, 2.45) is 0 Å². The van der Waals surface area contributed by atoms with E-state index in [0.29, 0.717) is 0 Å². The third-order valence-corrected chi connectivity index (χ3v) is 1.08. The first-order valence-corrected chi connectivity index (χ1v) is 3.17. The van der Waals surface area contributed by atoms with E-state index in [9.17, 15) is 0 Å². The molecule has 50 valence electrons. The summed E-state index contributed by atoms with van der Waals surface area (Å²) in [5, 5.41) is 3.07. The Kier molecular flexibility index (Phi) is 2.19. The van der Waals surface area contributed by atoms with Crippen LogP contribution < -0.4 is 5.32 Å². The van der Waals surface area contributed by atoms with Crippen LogP contribution in [0.3, 0.4) is 0 Å². The molecule has 0 unspecified atom stereocenters. The maximum Gasteiger partial charge on any atom is 0.186 e. The minimum absolute atomic E-state index is 0.729. The van der Waals surface area contributed by atoms with Crippen LogP contribution in [-0.2, 0) is 4.74 Å². The van der Waals surface area contributed by atoms with Gasteiger partial charge in [0.15, 0.2) is 5.88 Å². The molecule has 0 saturated carbocycles. The molecule has 0 aliphatic carbocycles. The summed E-state index contributed by atoms with van der Waals surface area (Å²) in [6.07, 6.45) is 5.96. The Hall–Kier alpha value is -0.920. The first kappa shape index (κ1) is 6.20. The van der Waals surface area contributed by atoms with Gasteiger partial charge in [0.05, 0.1) is 6.61 Å². The number of dihydropyridines is 1. The average molecular weight is 125 g/mol. The zero-order chi connectivity index (χ0) is 6.53. The number of hydrogen-bond donors (Lipinski definition) is 1. The Morgan fingerprint density at radius 3 is 3.22 bits per heavy atom. The molecular formula is C7H11NO. The molecule has 2 nitrogen and oxygen atoms in total. The summed E-state index contributed by atoms with van der Waals surface area (Å²) in [7, 11) is 0. The highest BCUT2D eigenvalue weighted by Crippen LogP contribution is 1.96. The summed E-state index contributed by atoms with van der Waals surface area (Å²) in [5.74, 6) is 0.875. The second-order valence-electron chi connectivity index (χ2n) is 1.77. The van der Waals surface area contributed by atoms with Crippen LogP contribution in [0.1, 0.15) is 6.92 Å². The van der Waals surface area contributed by atoms with Crippen LogP contribution in [0.2, 0.25) is 0 Å². The summed E-state index contributed by atoms with van der Waals surface area (Å²) in [5.41, 5.74) is 0. The van der Waals surface area contributed by atoms with Crippen molar-refractivity contribution in [3.05, 3.63) is 24.1 Å². The minimum atomic E-state index is 0.729. The van der Waals surface area contributed by atoms with Gasteiger partial charge in [0.1, 0.15) is 0 Å². The molecule has 0 aromatic carbocycles. The van der Waals surface area contributed by atoms with E-state index in [1.165, 1.54) is 0 Å². The first-order valence-electron chi connectivity index (χ1n) is 3.17. The molecule has 0 aromatic rings. The van der Waals surface area contributed by atoms with Crippen LogP contribution in [0.5, 0.6) is 0 Å². The topological polar surface area (TPSA) is 21.3 Å². The van der Waals surface area contributed by atoms with Gasteiger partial charge in [0, 0.05) is 6.54 Å². The van der Waals surface area contributed by atoms with Crippen molar-refractivity contribution in [3.63, 3.8) is 0 Å². The normalized spacial score (nSPS) is 16.3. The largest absolute Gasteiger partial charge is 0.479 e. The molecular weight excluding hydrogens is 114 g/mol. The highest BCUT2D eigenvalue weighted by Gasteiger charge is 1.94. The Morgan fingerprint density at radius 2 is 2.67 bits per heavy atom. The van der Waals surface area contributed by atoms with Gasteiger partial charge < -0.3 is 10.1 Å². The Balaban J connectivity index is 2.38. The molecule has 0 atom stereocenters. The quantitative estimate of drug-likeness (QED) is 0.595. The van der Waals surface area contributed by atoms with Gasteiger partial charge in [-0.25, -0.2) is 0 Å². The van der Waals surface area contributed by atoms with Gasteiger partial charge in [-0.2, -0.15) is 0 Å². The number of nitrogens with one attached hydrogen (secondary N) is 1. The summed E-state index contributed by atoms with van der Waals surface area (Å²) < 4.78 is 5.18. The van der Waals surface area contributed by atoms with Gasteiger partial charge in [-0.3, -0.25) is 0 Å². The second kappa shape index (κ2) is 3.17. The molecule has 9 heavy (non-hydrogen) atoms. The van der Waals surface area contributed by atoms with E-state index in [1.807, 2.05) is 25.2 Å². The highest BCUT2D eigenvalue weighted by atomic mass is 16.5. The molecule has 0 fully saturated rings. The van der Waals surface area contributed by atoms with Crippen LogP contribution in [0.25, 0.3) is 0 Å². The zero-order valence-electron chi connectivity index (χ0n) is 5.55. The predicted octanol–water partition coefficient (Wildman–Crippen LogP) is 1.02. The predicted molar refractivity (Wildman–Crippen MR) is 36.9 cm³/mol. The van der Waals surface area contributed by atoms with Crippen molar-refractivity contribution >= 4 is 0 Å². The van der Waals surface area contributed by atoms with Crippen molar-refractivity contribution in [1.82, 2.24) is 5.32 Å². The van der Waals surface area contributed by atoms with Crippen LogP contribution >= 0.6 is 0 Å². The smallest absolute Gasteiger partial charge is 0.186 e. The third-order valence-electron chi connectivity index (χ3n) is 1.08. The van der Waals surface area contributed by atoms with Gasteiger partial charge in [-0.1, -0.05) is 12.2 Å². The van der Waals surface area contributed by atoms with Crippen molar-refractivity contribution in [2.75, 3.05) is 13.2 Å².